The molecule has 0 aliphatic heterocycles. The third-order valence-electron chi connectivity index (χ3n) is 3.69. The van der Waals surface area contributed by atoms with Gasteiger partial charge in [0.05, 0.1) is 24.3 Å². The zero-order valence-corrected chi connectivity index (χ0v) is 14.3. The Morgan fingerprint density at radius 3 is 2.46 bits per heavy atom. The highest BCUT2D eigenvalue weighted by atomic mass is 19.1. The first-order chi connectivity index (χ1) is 13.6. The summed E-state index contributed by atoms with van der Waals surface area (Å²) in [5.41, 5.74) is 5.15. The smallest absolute Gasteiger partial charge is 0.288 e. The number of nitrogens with one attached hydrogen (secondary N) is 2. The topological polar surface area (TPSA) is 117 Å². The highest BCUT2D eigenvalue weighted by Crippen LogP contribution is 2.14. The fraction of sp³-hybridized carbons (Fsp3) is 0. The molecular formula is C19H14FN5O3. The molecule has 8 nitrogen and oxygen atoms in total. The minimum atomic E-state index is -0.840. The molecule has 1 aromatic heterocycles. The zero-order valence-electron chi connectivity index (χ0n) is 14.3. The van der Waals surface area contributed by atoms with E-state index in [1.165, 1.54) is 30.0 Å². The van der Waals surface area contributed by atoms with Crippen LogP contribution in [0, 0.1) is 5.82 Å². The van der Waals surface area contributed by atoms with Gasteiger partial charge in [-0.1, -0.05) is 30.3 Å². The summed E-state index contributed by atoms with van der Waals surface area (Å²) in [5, 5.41) is 12.2. The van der Waals surface area contributed by atoms with Gasteiger partial charge in [-0.15, -0.1) is 0 Å². The molecule has 0 saturated heterocycles. The minimum Gasteiger partial charge on any atom is -0.288 e. The van der Waals surface area contributed by atoms with Crippen LogP contribution in [0.5, 0.6) is 0 Å². The first-order valence-electron chi connectivity index (χ1n) is 8.03. The number of hydrogen-bond donors (Lipinski definition) is 3. The molecule has 0 saturated carbocycles. The molecule has 1 heterocycles. The van der Waals surface area contributed by atoms with Crippen molar-refractivity contribution >= 4 is 18.0 Å². The summed E-state index contributed by atoms with van der Waals surface area (Å²) < 4.78 is 13.9. The van der Waals surface area contributed by atoms with Crippen LogP contribution < -0.4 is 10.9 Å². The number of nitrogens with zero attached hydrogens (tertiary/aromatic N) is 3. The summed E-state index contributed by atoms with van der Waals surface area (Å²) in [6.07, 6.45) is 3.87. The number of carbonyl (C=O) groups is 2. The molecule has 140 valence electrons. The molecule has 3 aromatic rings. The van der Waals surface area contributed by atoms with Gasteiger partial charge in [0.1, 0.15) is 11.5 Å². The molecule has 0 fully saturated rings. The predicted octanol–water partition coefficient (Wildman–Crippen LogP) is 2.17. The van der Waals surface area contributed by atoms with Crippen molar-refractivity contribution in [2.45, 2.75) is 0 Å². The zero-order chi connectivity index (χ0) is 19.9. The fourth-order valence-electron chi connectivity index (χ4n) is 2.26. The van der Waals surface area contributed by atoms with E-state index < -0.39 is 17.6 Å². The number of carbonyl (C=O) groups excluding carboxylic acids is 2. The van der Waals surface area contributed by atoms with Gasteiger partial charge in [0.15, 0.2) is 0 Å². The third-order valence-corrected chi connectivity index (χ3v) is 3.69. The number of amides is 2. The van der Waals surface area contributed by atoms with Crippen molar-refractivity contribution in [2.24, 2.45) is 5.10 Å². The Balaban J connectivity index is 1.64. The van der Waals surface area contributed by atoms with Crippen molar-refractivity contribution < 1.29 is 19.2 Å². The summed E-state index contributed by atoms with van der Waals surface area (Å²) in [7, 11) is 0. The van der Waals surface area contributed by atoms with Crippen molar-refractivity contribution in [3.05, 3.63) is 83.6 Å². The largest absolute Gasteiger partial charge is 0.291 e. The molecule has 9 heteroatoms. The SMILES string of the molecule is O=C(NO)c1ccc(/C=N/NC(=O)c2cnc(-c3ccccc3)cn2)c(F)c1. The molecular weight excluding hydrogens is 365 g/mol. The number of hydrazone groups is 1. The molecule has 0 spiro atoms. The molecule has 3 rings (SSSR count). The number of rotatable bonds is 5. The van der Waals surface area contributed by atoms with Gasteiger partial charge in [-0.25, -0.2) is 20.3 Å². The lowest BCUT2D eigenvalue weighted by molar-refractivity contribution is 0.0706. The van der Waals surface area contributed by atoms with Gasteiger partial charge in [0.25, 0.3) is 11.8 Å². The highest BCUT2D eigenvalue weighted by Gasteiger charge is 2.09. The van der Waals surface area contributed by atoms with Crippen molar-refractivity contribution in [1.82, 2.24) is 20.9 Å². The summed E-state index contributed by atoms with van der Waals surface area (Å²) in [4.78, 5) is 31.5. The lowest BCUT2D eigenvalue weighted by Gasteiger charge is -2.03. The van der Waals surface area contributed by atoms with Gasteiger partial charge in [-0.3, -0.25) is 19.8 Å². The van der Waals surface area contributed by atoms with Crippen molar-refractivity contribution in [3.63, 3.8) is 0 Å². The molecule has 2 aromatic carbocycles. The summed E-state index contributed by atoms with van der Waals surface area (Å²) in [6.45, 7) is 0. The van der Waals surface area contributed by atoms with E-state index in [9.17, 15) is 14.0 Å². The van der Waals surface area contributed by atoms with Crippen LogP contribution in [0.3, 0.4) is 0 Å². The maximum absolute atomic E-state index is 13.9. The lowest BCUT2D eigenvalue weighted by atomic mass is 10.1. The second kappa shape index (κ2) is 8.60. The number of aromatic nitrogens is 2. The predicted molar refractivity (Wildman–Crippen MR) is 98.2 cm³/mol. The maximum atomic E-state index is 13.9. The Morgan fingerprint density at radius 2 is 1.82 bits per heavy atom. The van der Waals surface area contributed by atoms with E-state index in [0.717, 1.165) is 17.8 Å². The Bertz CT molecular complexity index is 1020. The van der Waals surface area contributed by atoms with Crippen LogP contribution in [0.25, 0.3) is 11.3 Å². The average Bonchev–Trinajstić information content (AvgIpc) is 2.75. The van der Waals surface area contributed by atoms with E-state index >= 15 is 0 Å². The van der Waals surface area contributed by atoms with Crippen LogP contribution in [0.15, 0.2) is 66.0 Å². The van der Waals surface area contributed by atoms with Crippen LogP contribution in [0.2, 0.25) is 0 Å². The Labute approximate surface area is 158 Å². The molecule has 0 atom stereocenters. The van der Waals surface area contributed by atoms with E-state index in [-0.39, 0.29) is 16.8 Å². The second-order valence-electron chi connectivity index (χ2n) is 5.53. The normalized spacial score (nSPS) is 10.6. The van der Waals surface area contributed by atoms with Gasteiger partial charge >= 0.3 is 0 Å². The van der Waals surface area contributed by atoms with Crippen molar-refractivity contribution in [3.8, 4) is 11.3 Å². The Morgan fingerprint density at radius 1 is 1.04 bits per heavy atom. The van der Waals surface area contributed by atoms with Crippen molar-refractivity contribution in [2.75, 3.05) is 0 Å². The van der Waals surface area contributed by atoms with Gasteiger partial charge in [0.2, 0.25) is 0 Å². The molecule has 0 unspecified atom stereocenters. The van der Waals surface area contributed by atoms with Crippen molar-refractivity contribution in [1.29, 1.82) is 0 Å². The van der Waals surface area contributed by atoms with Crippen LogP contribution in [0.4, 0.5) is 4.39 Å². The molecule has 28 heavy (non-hydrogen) atoms. The third kappa shape index (κ3) is 4.40. The van der Waals surface area contributed by atoms with E-state index in [0.29, 0.717) is 5.69 Å². The van der Waals surface area contributed by atoms with E-state index in [4.69, 9.17) is 5.21 Å². The first-order valence-corrected chi connectivity index (χ1v) is 8.03. The summed E-state index contributed by atoms with van der Waals surface area (Å²) in [6, 6.07) is 12.9. The van der Waals surface area contributed by atoms with Crippen LogP contribution >= 0.6 is 0 Å². The summed E-state index contributed by atoms with van der Waals surface area (Å²) >= 11 is 0. The minimum absolute atomic E-state index is 0.0419. The number of benzene rings is 2. The summed E-state index contributed by atoms with van der Waals surface area (Å²) in [5.74, 6) is -2.20. The van der Waals surface area contributed by atoms with Crippen LogP contribution in [-0.4, -0.2) is 33.2 Å². The van der Waals surface area contributed by atoms with Crippen LogP contribution in [0.1, 0.15) is 26.4 Å². The number of hydroxylamine groups is 1. The Kier molecular flexibility index (Phi) is 5.78. The van der Waals surface area contributed by atoms with Gasteiger partial charge < -0.3 is 0 Å². The molecule has 0 bridgehead atoms. The molecule has 0 aliphatic carbocycles. The van der Waals surface area contributed by atoms with Gasteiger partial charge in [0, 0.05) is 16.7 Å². The molecule has 3 N–H and O–H groups in total. The van der Waals surface area contributed by atoms with Crippen LogP contribution in [-0.2, 0) is 0 Å². The number of hydrogen-bond acceptors (Lipinski definition) is 6. The molecule has 0 radical (unpaired) electrons. The average molecular weight is 379 g/mol. The van der Waals surface area contributed by atoms with E-state index in [1.54, 1.807) is 0 Å². The second-order valence-corrected chi connectivity index (χ2v) is 5.53. The lowest BCUT2D eigenvalue weighted by Crippen LogP contribution is -2.20. The van der Waals surface area contributed by atoms with Gasteiger partial charge in [-0.05, 0) is 18.2 Å². The fourth-order valence-corrected chi connectivity index (χ4v) is 2.26. The number of halogens is 1. The monoisotopic (exact) mass is 379 g/mol. The quantitative estimate of drug-likeness (QED) is 0.357. The van der Waals surface area contributed by atoms with E-state index in [2.05, 4.69) is 20.5 Å². The maximum Gasteiger partial charge on any atom is 0.291 e. The van der Waals surface area contributed by atoms with E-state index in [1.807, 2.05) is 30.3 Å². The highest BCUT2D eigenvalue weighted by molar-refractivity contribution is 5.95. The molecule has 0 aliphatic rings. The first kappa shape index (κ1) is 18.8. The van der Waals surface area contributed by atoms with Gasteiger partial charge in [-0.2, -0.15) is 5.10 Å². The Hall–Kier alpha value is -3.98. The molecule has 2 amide bonds. The standard InChI is InChI=1S/C19H14FN5O3/c20-15-8-13(18(26)25-28)6-7-14(15)9-23-24-19(27)17-11-21-16(10-22-17)12-4-2-1-3-5-12/h1-11,28H,(H,24,27)(H,25,26)/b23-9+.